The minimum Gasteiger partial charge on any atom is -0.380 e. The Kier molecular flexibility index (Phi) is 4.90. The van der Waals surface area contributed by atoms with Crippen molar-refractivity contribution in [3.05, 3.63) is 30.3 Å². The average molecular weight is 271 g/mol. The minimum absolute atomic E-state index is 0.117. The van der Waals surface area contributed by atoms with Crippen molar-refractivity contribution in [3.63, 3.8) is 0 Å². The first-order valence-corrected chi connectivity index (χ1v) is 7.33. The fraction of sp³-hybridized carbons (Fsp3) is 0.538. The van der Waals surface area contributed by atoms with E-state index in [4.69, 9.17) is 4.74 Å². The molecular weight excluding hydrogens is 250 g/mol. The molecule has 0 radical (unpaired) electrons. The van der Waals surface area contributed by atoms with Crippen LogP contribution in [0.3, 0.4) is 0 Å². The number of rotatable bonds is 5. The number of hydrogen-bond donors (Lipinski definition) is 1. The molecule has 0 spiro atoms. The summed E-state index contributed by atoms with van der Waals surface area (Å²) in [6.07, 6.45) is -0.170. The fourth-order valence-electron chi connectivity index (χ4n) is 1.61. The van der Waals surface area contributed by atoms with Crippen molar-refractivity contribution in [1.29, 1.82) is 0 Å². The molecule has 0 aliphatic rings. The standard InChI is InChI=1S/C13H21NO3S/c1-13(2,3)12(17-4)10-14-18(15,16)11-8-6-5-7-9-11/h5-9,12,14H,10H2,1-4H3/t12-/m0/s1. The van der Waals surface area contributed by atoms with Gasteiger partial charge >= 0.3 is 0 Å². The lowest BCUT2D eigenvalue weighted by Crippen LogP contribution is -2.40. The SMILES string of the molecule is CO[C@@H](CNS(=O)(=O)c1ccccc1)C(C)(C)C. The van der Waals surface area contributed by atoms with Gasteiger partial charge in [-0.3, -0.25) is 0 Å². The molecule has 0 heterocycles. The number of methoxy groups -OCH3 is 1. The molecular formula is C13H21NO3S. The summed E-state index contributed by atoms with van der Waals surface area (Å²) in [5.74, 6) is 0. The van der Waals surface area contributed by atoms with Crippen LogP contribution in [0.2, 0.25) is 0 Å². The second-order valence-electron chi connectivity index (χ2n) is 5.26. The lowest BCUT2D eigenvalue weighted by atomic mass is 9.89. The number of sulfonamides is 1. The van der Waals surface area contributed by atoms with Crippen LogP contribution in [-0.2, 0) is 14.8 Å². The van der Waals surface area contributed by atoms with Gasteiger partial charge in [0.1, 0.15) is 0 Å². The Morgan fingerprint density at radius 2 is 1.78 bits per heavy atom. The molecule has 0 aliphatic heterocycles. The summed E-state index contributed by atoms with van der Waals surface area (Å²) in [6, 6.07) is 8.33. The number of ether oxygens (including phenoxy) is 1. The predicted molar refractivity (Wildman–Crippen MR) is 71.9 cm³/mol. The molecule has 0 bridgehead atoms. The van der Waals surface area contributed by atoms with Gasteiger partial charge in [0, 0.05) is 13.7 Å². The van der Waals surface area contributed by atoms with E-state index in [0.29, 0.717) is 0 Å². The molecule has 0 amide bonds. The fourth-order valence-corrected chi connectivity index (χ4v) is 2.66. The van der Waals surface area contributed by atoms with Crippen molar-refractivity contribution in [2.45, 2.75) is 31.8 Å². The van der Waals surface area contributed by atoms with Crippen molar-refractivity contribution in [3.8, 4) is 0 Å². The number of hydrogen-bond acceptors (Lipinski definition) is 3. The van der Waals surface area contributed by atoms with Crippen LogP contribution in [0.15, 0.2) is 35.2 Å². The Balaban J connectivity index is 2.74. The van der Waals surface area contributed by atoms with Crippen LogP contribution in [0.4, 0.5) is 0 Å². The van der Waals surface area contributed by atoms with E-state index in [2.05, 4.69) is 4.72 Å². The lowest BCUT2D eigenvalue weighted by molar-refractivity contribution is 0.0212. The molecule has 1 N–H and O–H groups in total. The molecule has 5 heteroatoms. The zero-order valence-electron chi connectivity index (χ0n) is 11.3. The third-order valence-corrected chi connectivity index (χ3v) is 4.20. The topological polar surface area (TPSA) is 55.4 Å². The molecule has 0 aliphatic carbocycles. The Morgan fingerprint density at radius 1 is 1.22 bits per heavy atom. The van der Waals surface area contributed by atoms with Gasteiger partial charge in [0.15, 0.2) is 0 Å². The largest absolute Gasteiger partial charge is 0.380 e. The van der Waals surface area contributed by atoms with Crippen LogP contribution in [-0.4, -0.2) is 28.2 Å². The van der Waals surface area contributed by atoms with Crippen molar-refractivity contribution in [1.82, 2.24) is 4.72 Å². The minimum atomic E-state index is -3.46. The summed E-state index contributed by atoms with van der Waals surface area (Å²) >= 11 is 0. The highest BCUT2D eigenvalue weighted by Gasteiger charge is 2.26. The van der Waals surface area contributed by atoms with E-state index in [-0.39, 0.29) is 23.0 Å². The smallest absolute Gasteiger partial charge is 0.240 e. The van der Waals surface area contributed by atoms with Crippen LogP contribution in [0.1, 0.15) is 20.8 Å². The van der Waals surface area contributed by atoms with Crippen molar-refractivity contribution in [2.24, 2.45) is 5.41 Å². The van der Waals surface area contributed by atoms with Gasteiger partial charge < -0.3 is 4.74 Å². The highest BCUT2D eigenvalue weighted by atomic mass is 32.2. The molecule has 0 aromatic heterocycles. The van der Waals surface area contributed by atoms with Crippen LogP contribution in [0.25, 0.3) is 0 Å². The number of nitrogens with one attached hydrogen (secondary N) is 1. The van der Waals surface area contributed by atoms with Crippen molar-refractivity contribution < 1.29 is 13.2 Å². The highest BCUT2D eigenvalue weighted by molar-refractivity contribution is 7.89. The molecule has 1 aromatic carbocycles. The van der Waals surface area contributed by atoms with E-state index in [1.807, 2.05) is 20.8 Å². The summed E-state index contributed by atoms with van der Waals surface area (Å²) in [6.45, 7) is 6.30. The van der Waals surface area contributed by atoms with Gasteiger partial charge in [-0.25, -0.2) is 13.1 Å². The molecule has 1 atom stereocenters. The molecule has 18 heavy (non-hydrogen) atoms. The maximum atomic E-state index is 12.0. The zero-order chi connectivity index (χ0) is 13.8. The third kappa shape index (κ3) is 4.08. The quantitative estimate of drug-likeness (QED) is 0.891. The van der Waals surface area contributed by atoms with E-state index in [1.165, 1.54) is 0 Å². The molecule has 0 saturated heterocycles. The van der Waals surface area contributed by atoms with Crippen molar-refractivity contribution in [2.75, 3.05) is 13.7 Å². The first-order valence-electron chi connectivity index (χ1n) is 5.85. The highest BCUT2D eigenvalue weighted by Crippen LogP contribution is 2.21. The lowest BCUT2D eigenvalue weighted by Gasteiger charge is -2.29. The Labute approximate surface area is 109 Å². The molecule has 1 aromatic rings. The van der Waals surface area contributed by atoms with Crippen LogP contribution in [0.5, 0.6) is 0 Å². The van der Waals surface area contributed by atoms with E-state index in [9.17, 15) is 8.42 Å². The summed E-state index contributed by atoms with van der Waals surface area (Å²) < 4.78 is 31.9. The third-order valence-electron chi connectivity index (χ3n) is 2.76. The normalized spacial score (nSPS) is 14.4. The summed E-state index contributed by atoms with van der Waals surface area (Å²) in [7, 11) is -1.87. The summed E-state index contributed by atoms with van der Waals surface area (Å²) in [5.41, 5.74) is -0.117. The van der Waals surface area contributed by atoms with Gasteiger partial charge in [-0.1, -0.05) is 39.0 Å². The first kappa shape index (κ1) is 15.1. The maximum Gasteiger partial charge on any atom is 0.240 e. The van der Waals surface area contributed by atoms with Gasteiger partial charge in [-0.05, 0) is 17.5 Å². The second-order valence-corrected chi connectivity index (χ2v) is 7.02. The van der Waals surface area contributed by atoms with E-state index < -0.39 is 10.0 Å². The molecule has 0 unspecified atom stereocenters. The molecule has 0 saturated carbocycles. The van der Waals surface area contributed by atoms with Gasteiger partial charge in [0.2, 0.25) is 10.0 Å². The number of benzene rings is 1. The zero-order valence-corrected chi connectivity index (χ0v) is 12.1. The summed E-state index contributed by atoms with van der Waals surface area (Å²) in [5, 5.41) is 0. The van der Waals surface area contributed by atoms with Gasteiger partial charge in [0.05, 0.1) is 11.0 Å². The monoisotopic (exact) mass is 271 g/mol. The van der Waals surface area contributed by atoms with E-state index in [1.54, 1.807) is 37.4 Å². The van der Waals surface area contributed by atoms with E-state index in [0.717, 1.165) is 0 Å². The van der Waals surface area contributed by atoms with Gasteiger partial charge in [-0.2, -0.15) is 0 Å². The summed E-state index contributed by atoms with van der Waals surface area (Å²) in [4.78, 5) is 0.272. The average Bonchev–Trinajstić information content (AvgIpc) is 2.29. The van der Waals surface area contributed by atoms with Gasteiger partial charge in [-0.15, -0.1) is 0 Å². The molecule has 4 nitrogen and oxygen atoms in total. The maximum absolute atomic E-state index is 12.0. The first-order chi connectivity index (χ1) is 8.27. The van der Waals surface area contributed by atoms with Crippen molar-refractivity contribution >= 4 is 10.0 Å². The molecule has 102 valence electrons. The molecule has 1 rings (SSSR count). The van der Waals surface area contributed by atoms with E-state index >= 15 is 0 Å². The van der Waals surface area contributed by atoms with Crippen LogP contribution < -0.4 is 4.72 Å². The van der Waals surface area contributed by atoms with Gasteiger partial charge in [0.25, 0.3) is 0 Å². The van der Waals surface area contributed by atoms with Crippen LogP contribution >= 0.6 is 0 Å². The second kappa shape index (κ2) is 5.82. The van der Waals surface area contributed by atoms with Crippen LogP contribution in [0, 0.1) is 5.41 Å². The Bertz CT molecular complexity index is 463. The Hall–Kier alpha value is -0.910. The predicted octanol–water partition coefficient (Wildman–Crippen LogP) is 2.03. The molecule has 0 fully saturated rings. The Morgan fingerprint density at radius 3 is 2.22 bits per heavy atom.